The summed E-state index contributed by atoms with van der Waals surface area (Å²) >= 11 is 0. The topological polar surface area (TPSA) is 55.2 Å². The van der Waals surface area contributed by atoms with Crippen molar-refractivity contribution < 1.29 is 4.92 Å². The molecule has 4 heteroatoms. The lowest BCUT2D eigenvalue weighted by molar-refractivity contribution is -0.385. The van der Waals surface area contributed by atoms with Gasteiger partial charge in [0.2, 0.25) is 0 Å². The standard InChI is InChI=1S/C13H14N2O2/c16-15(17)12-7-3-6-11-13(12)10-5-2-1-4-9(10)8-14-11/h2-3,5-7,9-10,14H,1,4,8H2. The first-order chi connectivity index (χ1) is 8.27. The molecule has 0 fully saturated rings. The number of rotatable bonds is 1. The summed E-state index contributed by atoms with van der Waals surface area (Å²) < 4.78 is 0. The van der Waals surface area contributed by atoms with Crippen molar-refractivity contribution in [2.24, 2.45) is 5.92 Å². The van der Waals surface area contributed by atoms with Gasteiger partial charge in [-0.2, -0.15) is 0 Å². The number of anilines is 1. The molecule has 2 aliphatic rings. The Kier molecular flexibility index (Phi) is 2.35. The molecule has 88 valence electrons. The van der Waals surface area contributed by atoms with Gasteiger partial charge < -0.3 is 5.32 Å². The van der Waals surface area contributed by atoms with E-state index < -0.39 is 0 Å². The van der Waals surface area contributed by atoms with Crippen molar-refractivity contribution in [3.63, 3.8) is 0 Å². The van der Waals surface area contributed by atoms with Crippen LogP contribution < -0.4 is 5.32 Å². The van der Waals surface area contributed by atoms with E-state index in [-0.39, 0.29) is 16.5 Å². The molecule has 0 amide bonds. The fraction of sp³-hybridized carbons (Fsp3) is 0.385. The second-order valence-electron chi connectivity index (χ2n) is 4.67. The zero-order valence-corrected chi connectivity index (χ0v) is 9.43. The fourth-order valence-electron chi connectivity index (χ4n) is 2.91. The van der Waals surface area contributed by atoms with Crippen LogP contribution in [-0.4, -0.2) is 11.5 Å². The molecular weight excluding hydrogens is 216 g/mol. The third-order valence-electron chi connectivity index (χ3n) is 3.72. The number of hydrogen-bond acceptors (Lipinski definition) is 3. The molecule has 1 heterocycles. The van der Waals surface area contributed by atoms with Gasteiger partial charge in [-0.1, -0.05) is 18.2 Å². The van der Waals surface area contributed by atoms with Crippen molar-refractivity contribution in [1.29, 1.82) is 0 Å². The van der Waals surface area contributed by atoms with Gasteiger partial charge in [0.05, 0.1) is 10.5 Å². The summed E-state index contributed by atoms with van der Waals surface area (Å²) in [6.07, 6.45) is 6.48. The molecule has 1 aliphatic carbocycles. The van der Waals surface area contributed by atoms with Crippen LogP contribution in [0.5, 0.6) is 0 Å². The number of nitrogens with zero attached hydrogens (tertiary/aromatic N) is 1. The summed E-state index contributed by atoms with van der Waals surface area (Å²) in [6.45, 7) is 0.920. The van der Waals surface area contributed by atoms with Gasteiger partial charge in [0.25, 0.3) is 5.69 Å². The van der Waals surface area contributed by atoms with E-state index >= 15 is 0 Å². The molecule has 0 radical (unpaired) electrons. The second-order valence-corrected chi connectivity index (χ2v) is 4.67. The molecule has 1 N–H and O–H groups in total. The van der Waals surface area contributed by atoms with Gasteiger partial charge in [0.1, 0.15) is 0 Å². The van der Waals surface area contributed by atoms with E-state index in [1.165, 1.54) is 0 Å². The van der Waals surface area contributed by atoms with E-state index in [1.54, 1.807) is 12.1 Å². The Morgan fingerprint density at radius 2 is 2.29 bits per heavy atom. The van der Waals surface area contributed by atoms with Crippen molar-refractivity contribution >= 4 is 11.4 Å². The summed E-state index contributed by atoms with van der Waals surface area (Å²) in [6, 6.07) is 5.28. The van der Waals surface area contributed by atoms with Gasteiger partial charge in [-0.3, -0.25) is 10.1 Å². The summed E-state index contributed by atoms with van der Waals surface area (Å²) in [5.74, 6) is 0.704. The molecule has 1 aromatic carbocycles. The first kappa shape index (κ1) is 10.3. The van der Waals surface area contributed by atoms with Crippen molar-refractivity contribution in [3.8, 4) is 0 Å². The lowest BCUT2D eigenvalue weighted by Gasteiger charge is -2.34. The highest BCUT2D eigenvalue weighted by Gasteiger charge is 2.34. The monoisotopic (exact) mass is 230 g/mol. The van der Waals surface area contributed by atoms with Crippen LogP contribution in [0.1, 0.15) is 24.3 Å². The molecule has 4 nitrogen and oxygen atoms in total. The number of allylic oxidation sites excluding steroid dienone is 2. The Balaban J connectivity index is 2.16. The predicted molar refractivity (Wildman–Crippen MR) is 66.2 cm³/mol. The summed E-state index contributed by atoms with van der Waals surface area (Å²) in [5, 5.41) is 14.4. The summed E-state index contributed by atoms with van der Waals surface area (Å²) in [5.41, 5.74) is 2.04. The van der Waals surface area contributed by atoms with E-state index in [0.717, 1.165) is 30.6 Å². The Morgan fingerprint density at radius 3 is 3.12 bits per heavy atom. The maximum Gasteiger partial charge on any atom is 0.275 e. The Bertz CT molecular complexity index is 496. The number of nitrogens with one attached hydrogen (secondary N) is 1. The summed E-state index contributed by atoms with van der Waals surface area (Å²) in [4.78, 5) is 10.8. The summed E-state index contributed by atoms with van der Waals surface area (Å²) in [7, 11) is 0. The molecule has 1 aromatic rings. The number of nitro benzene ring substituents is 1. The lowest BCUT2D eigenvalue weighted by Crippen LogP contribution is -2.28. The molecule has 3 rings (SSSR count). The third kappa shape index (κ3) is 1.60. The average Bonchev–Trinajstić information content (AvgIpc) is 2.37. The van der Waals surface area contributed by atoms with Crippen LogP contribution in [0.3, 0.4) is 0 Å². The minimum atomic E-state index is -0.272. The molecule has 2 atom stereocenters. The Hall–Kier alpha value is -1.84. The molecule has 0 saturated heterocycles. The first-order valence-corrected chi connectivity index (χ1v) is 5.95. The smallest absolute Gasteiger partial charge is 0.275 e. The van der Waals surface area contributed by atoms with Gasteiger partial charge in [-0.05, 0) is 24.8 Å². The molecule has 0 aromatic heterocycles. The van der Waals surface area contributed by atoms with Gasteiger partial charge in [0.15, 0.2) is 0 Å². The zero-order chi connectivity index (χ0) is 11.8. The average molecular weight is 230 g/mol. The number of nitro groups is 1. The Labute approximate surface area is 99.5 Å². The highest BCUT2D eigenvalue weighted by molar-refractivity contribution is 5.65. The maximum absolute atomic E-state index is 11.1. The number of hydrogen-bond donors (Lipinski definition) is 1. The first-order valence-electron chi connectivity index (χ1n) is 5.95. The number of benzene rings is 1. The Morgan fingerprint density at radius 1 is 1.41 bits per heavy atom. The highest BCUT2D eigenvalue weighted by atomic mass is 16.6. The van der Waals surface area contributed by atoms with Crippen LogP contribution in [0.15, 0.2) is 30.4 Å². The van der Waals surface area contributed by atoms with Gasteiger partial charge in [-0.15, -0.1) is 0 Å². The molecule has 0 spiro atoms. The van der Waals surface area contributed by atoms with Crippen LogP contribution in [0.4, 0.5) is 11.4 Å². The molecular formula is C13H14N2O2. The maximum atomic E-state index is 11.1. The largest absolute Gasteiger partial charge is 0.384 e. The van der Waals surface area contributed by atoms with Crippen LogP contribution in [-0.2, 0) is 0 Å². The minimum absolute atomic E-state index is 0.210. The zero-order valence-electron chi connectivity index (χ0n) is 9.43. The molecule has 2 unspecified atom stereocenters. The quantitative estimate of drug-likeness (QED) is 0.458. The van der Waals surface area contributed by atoms with E-state index in [1.807, 2.05) is 6.07 Å². The van der Waals surface area contributed by atoms with Crippen molar-refractivity contribution in [2.45, 2.75) is 18.8 Å². The van der Waals surface area contributed by atoms with E-state index in [2.05, 4.69) is 17.5 Å². The minimum Gasteiger partial charge on any atom is -0.384 e. The van der Waals surface area contributed by atoms with Crippen molar-refractivity contribution in [3.05, 3.63) is 46.0 Å². The van der Waals surface area contributed by atoms with Crippen molar-refractivity contribution in [2.75, 3.05) is 11.9 Å². The highest BCUT2D eigenvalue weighted by Crippen LogP contribution is 2.44. The van der Waals surface area contributed by atoms with Crippen LogP contribution in [0, 0.1) is 16.0 Å². The van der Waals surface area contributed by atoms with Gasteiger partial charge in [0, 0.05) is 24.2 Å². The van der Waals surface area contributed by atoms with Gasteiger partial charge in [-0.25, -0.2) is 0 Å². The molecule has 1 aliphatic heterocycles. The van der Waals surface area contributed by atoms with E-state index in [0.29, 0.717) is 5.92 Å². The molecule has 0 saturated carbocycles. The van der Waals surface area contributed by atoms with Crippen LogP contribution in [0.2, 0.25) is 0 Å². The van der Waals surface area contributed by atoms with E-state index in [4.69, 9.17) is 0 Å². The lowest BCUT2D eigenvalue weighted by atomic mass is 9.76. The SMILES string of the molecule is O=[N+]([O-])c1cccc2c1C1C=CCCC1CN2. The predicted octanol–water partition coefficient (Wildman–Crippen LogP) is 3.07. The molecule has 17 heavy (non-hydrogen) atoms. The fourth-order valence-corrected chi connectivity index (χ4v) is 2.91. The van der Waals surface area contributed by atoms with Crippen LogP contribution in [0.25, 0.3) is 0 Å². The normalized spacial score (nSPS) is 25.6. The number of fused-ring (bicyclic) bond motifs is 3. The van der Waals surface area contributed by atoms with E-state index in [9.17, 15) is 10.1 Å². The van der Waals surface area contributed by atoms with Crippen LogP contribution >= 0.6 is 0 Å². The molecule has 0 bridgehead atoms. The van der Waals surface area contributed by atoms with Gasteiger partial charge >= 0.3 is 0 Å². The second kappa shape index (κ2) is 3.87. The third-order valence-corrected chi connectivity index (χ3v) is 3.72. The van der Waals surface area contributed by atoms with Crippen molar-refractivity contribution in [1.82, 2.24) is 0 Å².